The van der Waals surface area contributed by atoms with Crippen LogP contribution < -0.4 is 0 Å². The van der Waals surface area contributed by atoms with E-state index in [-0.39, 0.29) is 5.82 Å². The first-order valence-corrected chi connectivity index (χ1v) is 8.28. The predicted octanol–water partition coefficient (Wildman–Crippen LogP) is 4.57. The number of aromatic nitrogens is 2. The molecule has 5 heteroatoms. The van der Waals surface area contributed by atoms with Gasteiger partial charge in [0.2, 0.25) is 0 Å². The van der Waals surface area contributed by atoms with Gasteiger partial charge in [-0.1, -0.05) is 6.07 Å². The molecule has 0 bridgehead atoms. The molecule has 0 N–H and O–H groups in total. The Morgan fingerprint density at radius 2 is 2.20 bits per heavy atom. The van der Waals surface area contributed by atoms with Crippen molar-refractivity contribution in [2.45, 2.75) is 18.4 Å². The average molecular weight is 304 g/mol. The van der Waals surface area contributed by atoms with Crippen LogP contribution in [-0.4, -0.2) is 9.97 Å². The maximum atomic E-state index is 13.6. The summed E-state index contributed by atoms with van der Waals surface area (Å²) >= 11 is 3.41. The number of thioether (sulfide) groups is 1. The highest BCUT2D eigenvalue weighted by Crippen LogP contribution is 2.25. The van der Waals surface area contributed by atoms with Gasteiger partial charge < -0.3 is 0 Å². The van der Waals surface area contributed by atoms with Crippen LogP contribution in [0.4, 0.5) is 4.39 Å². The summed E-state index contributed by atoms with van der Waals surface area (Å²) < 4.78 is 13.6. The number of fused-ring (bicyclic) bond motifs is 1. The van der Waals surface area contributed by atoms with Crippen molar-refractivity contribution in [1.82, 2.24) is 9.97 Å². The molecule has 0 fully saturated rings. The van der Waals surface area contributed by atoms with Crippen LogP contribution in [0.2, 0.25) is 0 Å². The fourth-order valence-electron chi connectivity index (χ4n) is 2.05. The Morgan fingerprint density at radius 1 is 1.30 bits per heavy atom. The topological polar surface area (TPSA) is 25.8 Å². The monoisotopic (exact) mass is 304 g/mol. The summed E-state index contributed by atoms with van der Waals surface area (Å²) in [6.45, 7) is 1.99. The van der Waals surface area contributed by atoms with Crippen LogP contribution in [0.1, 0.15) is 16.3 Å². The normalized spacial score (nSPS) is 11.1. The van der Waals surface area contributed by atoms with Gasteiger partial charge in [-0.05, 0) is 30.7 Å². The summed E-state index contributed by atoms with van der Waals surface area (Å²) in [6, 6.07) is 6.83. The molecule has 0 aliphatic heterocycles. The Labute approximate surface area is 125 Å². The van der Waals surface area contributed by atoms with Gasteiger partial charge in [-0.25, -0.2) is 9.37 Å². The molecule has 0 aliphatic rings. The highest BCUT2D eigenvalue weighted by molar-refractivity contribution is 7.97. The van der Waals surface area contributed by atoms with Gasteiger partial charge in [0.25, 0.3) is 0 Å². The van der Waals surface area contributed by atoms with E-state index in [9.17, 15) is 4.39 Å². The lowest BCUT2D eigenvalue weighted by atomic mass is 10.1. The van der Waals surface area contributed by atoms with E-state index in [1.165, 1.54) is 6.07 Å². The second-order valence-corrected chi connectivity index (χ2v) is 6.44. The number of hydrogen-bond donors (Lipinski definition) is 0. The van der Waals surface area contributed by atoms with Crippen molar-refractivity contribution in [3.63, 3.8) is 0 Å². The summed E-state index contributed by atoms with van der Waals surface area (Å²) in [5.41, 5.74) is 2.89. The van der Waals surface area contributed by atoms with Crippen molar-refractivity contribution in [1.29, 1.82) is 0 Å². The molecule has 1 aromatic carbocycles. The average Bonchev–Trinajstić information content (AvgIpc) is 2.84. The zero-order valence-electron chi connectivity index (χ0n) is 11.0. The van der Waals surface area contributed by atoms with Gasteiger partial charge in [0.15, 0.2) is 0 Å². The fourth-order valence-corrected chi connectivity index (χ4v) is 3.91. The Morgan fingerprint density at radius 3 is 3.00 bits per heavy atom. The molecule has 3 aromatic rings. The lowest BCUT2D eigenvalue weighted by Gasteiger charge is -2.05. The van der Waals surface area contributed by atoms with E-state index in [4.69, 9.17) is 0 Å². The highest BCUT2D eigenvalue weighted by Gasteiger charge is 2.06. The van der Waals surface area contributed by atoms with E-state index in [0.717, 1.165) is 38.7 Å². The van der Waals surface area contributed by atoms with E-state index < -0.39 is 0 Å². The minimum Gasteiger partial charge on any atom is -0.256 e. The number of halogens is 1. The van der Waals surface area contributed by atoms with Crippen molar-refractivity contribution in [3.05, 3.63) is 57.9 Å². The number of hydrogen-bond acceptors (Lipinski definition) is 4. The summed E-state index contributed by atoms with van der Waals surface area (Å²) in [5.74, 6) is 1.39. The molecule has 0 amide bonds. The van der Waals surface area contributed by atoms with Gasteiger partial charge in [-0.15, -0.1) is 23.1 Å². The van der Waals surface area contributed by atoms with E-state index in [1.807, 2.05) is 19.1 Å². The largest absolute Gasteiger partial charge is 0.256 e. The number of nitrogens with zero attached hydrogens (tertiary/aromatic N) is 2. The summed E-state index contributed by atoms with van der Waals surface area (Å²) in [5, 5.41) is 4.02. The van der Waals surface area contributed by atoms with Crippen molar-refractivity contribution in [2.75, 3.05) is 0 Å². The Balaban J connectivity index is 1.77. The third kappa shape index (κ3) is 2.99. The molecule has 0 saturated carbocycles. The van der Waals surface area contributed by atoms with Gasteiger partial charge in [0.1, 0.15) is 10.8 Å². The Bertz CT molecular complexity index is 740. The SMILES string of the molecule is Cc1csc(CSCc2cc(F)cc3cccnc23)n1. The van der Waals surface area contributed by atoms with Gasteiger partial charge in [-0.3, -0.25) is 4.98 Å². The van der Waals surface area contributed by atoms with Crippen LogP contribution in [0.3, 0.4) is 0 Å². The maximum Gasteiger partial charge on any atom is 0.124 e. The zero-order chi connectivity index (χ0) is 13.9. The molecule has 2 nitrogen and oxygen atoms in total. The van der Waals surface area contributed by atoms with Gasteiger partial charge in [0, 0.05) is 34.2 Å². The van der Waals surface area contributed by atoms with Gasteiger partial charge in [-0.2, -0.15) is 0 Å². The smallest absolute Gasteiger partial charge is 0.124 e. The first-order valence-electron chi connectivity index (χ1n) is 6.24. The summed E-state index contributed by atoms with van der Waals surface area (Å²) in [7, 11) is 0. The van der Waals surface area contributed by atoms with Crippen LogP contribution in [0.5, 0.6) is 0 Å². The minimum absolute atomic E-state index is 0.203. The maximum absolute atomic E-state index is 13.6. The molecule has 2 aromatic heterocycles. The second-order valence-electron chi connectivity index (χ2n) is 4.52. The van der Waals surface area contributed by atoms with E-state index in [0.29, 0.717) is 0 Å². The fraction of sp³-hybridized carbons (Fsp3) is 0.200. The van der Waals surface area contributed by atoms with Crippen LogP contribution in [0, 0.1) is 12.7 Å². The molecular weight excluding hydrogens is 291 g/mol. The van der Waals surface area contributed by atoms with Crippen LogP contribution in [-0.2, 0) is 11.5 Å². The molecular formula is C15H13FN2S2. The van der Waals surface area contributed by atoms with Gasteiger partial charge >= 0.3 is 0 Å². The predicted molar refractivity (Wildman–Crippen MR) is 83.6 cm³/mol. The van der Waals surface area contributed by atoms with Crippen LogP contribution in [0.15, 0.2) is 35.8 Å². The van der Waals surface area contributed by atoms with E-state index >= 15 is 0 Å². The molecule has 0 radical (unpaired) electrons. The second kappa shape index (κ2) is 5.89. The minimum atomic E-state index is -0.203. The molecule has 0 atom stereocenters. The number of rotatable bonds is 4. The number of aryl methyl sites for hydroxylation is 1. The summed E-state index contributed by atoms with van der Waals surface area (Å²) in [6.07, 6.45) is 1.75. The summed E-state index contributed by atoms with van der Waals surface area (Å²) in [4.78, 5) is 8.79. The van der Waals surface area contributed by atoms with Gasteiger partial charge in [0.05, 0.1) is 5.52 Å². The first-order chi connectivity index (χ1) is 9.72. The lowest BCUT2D eigenvalue weighted by molar-refractivity contribution is 0.628. The molecule has 102 valence electrons. The van der Waals surface area contributed by atoms with Crippen molar-refractivity contribution in [2.24, 2.45) is 0 Å². The quantitative estimate of drug-likeness (QED) is 0.706. The lowest BCUT2D eigenvalue weighted by Crippen LogP contribution is -1.90. The van der Waals surface area contributed by atoms with Crippen molar-refractivity contribution in [3.8, 4) is 0 Å². The molecule has 0 saturated heterocycles. The molecule has 20 heavy (non-hydrogen) atoms. The van der Waals surface area contributed by atoms with Crippen molar-refractivity contribution >= 4 is 34.0 Å². The third-order valence-electron chi connectivity index (χ3n) is 2.90. The Hall–Kier alpha value is -1.46. The molecule has 0 unspecified atom stereocenters. The molecule has 3 rings (SSSR count). The van der Waals surface area contributed by atoms with E-state index in [1.54, 1.807) is 35.4 Å². The highest BCUT2D eigenvalue weighted by atomic mass is 32.2. The van der Waals surface area contributed by atoms with Crippen LogP contribution >= 0.6 is 23.1 Å². The van der Waals surface area contributed by atoms with E-state index in [2.05, 4.69) is 15.3 Å². The van der Waals surface area contributed by atoms with Crippen LogP contribution in [0.25, 0.3) is 10.9 Å². The molecule has 2 heterocycles. The number of benzene rings is 1. The Kier molecular flexibility index (Phi) is 3.98. The standard InChI is InChI=1S/C15H13FN2S2/c1-10-7-20-14(18-10)9-19-8-12-6-13(16)5-11-3-2-4-17-15(11)12/h2-7H,8-9H2,1H3. The number of thiazole rings is 1. The molecule has 0 aliphatic carbocycles. The van der Waals surface area contributed by atoms with Crippen molar-refractivity contribution < 1.29 is 4.39 Å². The zero-order valence-corrected chi connectivity index (χ0v) is 12.6. The number of pyridine rings is 1. The first kappa shape index (κ1) is 13.5. The molecule has 0 spiro atoms. The third-order valence-corrected chi connectivity index (χ3v) is 5.04.